The number of carbonyl (C=O) groups is 2. The lowest BCUT2D eigenvalue weighted by molar-refractivity contribution is 0.167. The van der Waals surface area contributed by atoms with Crippen LogP contribution in [0, 0.1) is 23.7 Å². The fourth-order valence-electron chi connectivity index (χ4n) is 2.03. The van der Waals surface area contributed by atoms with Gasteiger partial charge in [0.25, 0.3) is 0 Å². The Hall–Kier alpha value is -3.40. The van der Waals surface area contributed by atoms with E-state index in [0.29, 0.717) is 47.5 Å². The molecule has 36 heavy (non-hydrogen) atoms. The van der Waals surface area contributed by atoms with Crippen molar-refractivity contribution in [2.75, 3.05) is 37.1 Å². The van der Waals surface area contributed by atoms with Gasteiger partial charge in [0.1, 0.15) is 0 Å². The first-order chi connectivity index (χ1) is 17.4. The Bertz CT molecular complexity index is 958. The fourth-order valence-corrected chi connectivity index (χ4v) is 2.41. The van der Waals surface area contributed by atoms with Gasteiger partial charge < -0.3 is 19.7 Å². The van der Waals surface area contributed by atoms with Gasteiger partial charge in [-0.15, -0.1) is 0 Å². The van der Waals surface area contributed by atoms with Gasteiger partial charge in [-0.2, -0.15) is 0 Å². The Balaban J connectivity index is 0.000000517. The fraction of sp³-hybridized carbons (Fsp3) is 0.308. The predicted molar refractivity (Wildman–Crippen MR) is 143 cm³/mol. The minimum atomic E-state index is -0.468. The van der Waals surface area contributed by atoms with Crippen molar-refractivity contribution in [1.29, 1.82) is 0 Å². The summed E-state index contributed by atoms with van der Waals surface area (Å²) in [4.78, 5) is 21.9. The Morgan fingerprint density at radius 3 is 1.47 bits per heavy atom. The number of carbonyl (C=O) groups excluding carboxylic acids is 2. The molecule has 0 fully saturated rings. The number of ether oxygens (including phenoxy) is 2. The average molecular weight is 537 g/mol. The molecule has 4 N–H and O–H groups in total. The summed E-state index contributed by atoms with van der Waals surface area (Å²) in [5, 5.41) is 22.8. The highest BCUT2D eigenvalue weighted by atomic mass is 35.5. The zero-order valence-electron chi connectivity index (χ0n) is 20.1. The van der Waals surface area contributed by atoms with Crippen LogP contribution in [0.1, 0.15) is 26.7 Å². The van der Waals surface area contributed by atoms with Gasteiger partial charge in [-0.05, 0) is 62.1 Å². The van der Waals surface area contributed by atoms with Crippen molar-refractivity contribution < 1.29 is 29.3 Å². The minimum Gasteiger partial charge on any atom is -0.450 e. The summed E-state index contributed by atoms with van der Waals surface area (Å²) >= 11 is 11.4. The highest BCUT2D eigenvalue weighted by Gasteiger charge is 2.01. The zero-order valence-corrected chi connectivity index (χ0v) is 21.7. The maximum atomic E-state index is 10.9. The number of benzene rings is 2. The molecule has 0 atom stereocenters. The first-order valence-corrected chi connectivity index (χ1v) is 11.7. The molecule has 194 valence electrons. The summed E-state index contributed by atoms with van der Waals surface area (Å²) in [7, 11) is 0. The van der Waals surface area contributed by atoms with Crippen molar-refractivity contribution in [2.24, 2.45) is 0 Å². The Morgan fingerprint density at radius 2 is 1.17 bits per heavy atom. The number of hydrogen-bond acceptors (Lipinski definition) is 6. The van der Waals surface area contributed by atoms with E-state index in [2.05, 4.69) is 34.3 Å². The lowest BCUT2D eigenvalue weighted by atomic mass is 10.3. The molecule has 0 aliphatic rings. The molecule has 0 aliphatic carbocycles. The van der Waals surface area contributed by atoms with Gasteiger partial charge >= 0.3 is 12.2 Å². The predicted octanol–water partition coefficient (Wildman–Crippen LogP) is 5.57. The standard InChI is InChI=1S/2C9H10ClNO2.C8H10O2/c2*1-2-13-9(12)11-8-5-3-4-7(10)6-8;9-7-5-3-1-2-4-6-8-10/h2*3-6H,2H2,1H3,(H,11,12);9-10H,5-8H2. The number of anilines is 2. The molecule has 0 unspecified atom stereocenters. The monoisotopic (exact) mass is 536 g/mol. The highest BCUT2D eigenvalue weighted by molar-refractivity contribution is 6.31. The second kappa shape index (κ2) is 22.1. The van der Waals surface area contributed by atoms with Crippen LogP contribution in [0.4, 0.5) is 21.0 Å². The van der Waals surface area contributed by atoms with Crippen LogP contribution < -0.4 is 10.6 Å². The summed E-state index contributed by atoms with van der Waals surface area (Å²) in [6.07, 6.45) is -0.00346. The van der Waals surface area contributed by atoms with E-state index in [-0.39, 0.29) is 13.2 Å². The molecule has 2 rings (SSSR count). The van der Waals surface area contributed by atoms with Crippen LogP contribution in [0.5, 0.6) is 0 Å². The van der Waals surface area contributed by atoms with Crippen molar-refractivity contribution >= 4 is 46.8 Å². The van der Waals surface area contributed by atoms with Crippen LogP contribution >= 0.6 is 23.2 Å². The van der Waals surface area contributed by atoms with Crippen molar-refractivity contribution in [3.8, 4) is 23.7 Å². The normalized spacial score (nSPS) is 8.72. The van der Waals surface area contributed by atoms with E-state index in [9.17, 15) is 9.59 Å². The minimum absolute atomic E-state index is 0.0781. The number of aliphatic hydroxyl groups excluding tert-OH is 2. The zero-order chi connectivity index (χ0) is 27.0. The third kappa shape index (κ3) is 19.0. The van der Waals surface area contributed by atoms with E-state index in [0.717, 1.165) is 0 Å². The van der Waals surface area contributed by atoms with Gasteiger partial charge in [-0.25, -0.2) is 9.59 Å². The van der Waals surface area contributed by atoms with Crippen LogP contribution in [-0.4, -0.2) is 48.8 Å². The highest BCUT2D eigenvalue weighted by Crippen LogP contribution is 2.15. The second-order valence-corrected chi connectivity index (χ2v) is 7.14. The molecule has 0 saturated heterocycles. The Morgan fingerprint density at radius 1 is 0.778 bits per heavy atom. The number of amides is 2. The lowest BCUT2D eigenvalue weighted by Crippen LogP contribution is -2.12. The molecule has 8 nitrogen and oxygen atoms in total. The summed E-state index contributed by atoms with van der Waals surface area (Å²) < 4.78 is 9.39. The van der Waals surface area contributed by atoms with Crippen LogP contribution in [-0.2, 0) is 9.47 Å². The Kier molecular flexibility index (Phi) is 20.0. The van der Waals surface area contributed by atoms with Gasteiger partial charge in [-0.3, -0.25) is 10.6 Å². The number of aliphatic hydroxyl groups is 2. The maximum Gasteiger partial charge on any atom is 0.411 e. The van der Waals surface area contributed by atoms with Crippen molar-refractivity contribution in [3.05, 3.63) is 58.6 Å². The summed E-state index contributed by atoms with van der Waals surface area (Å²) in [6.45, 7) is 4.36. The maximum absolute atomic E-state index is 10.9. The van der Waals surface area contributed by atoms with E-state index >= 15 is 0 Å². The SMILES string of the molecule is CCOC(=O)Nc1cccc(Cl)c1.CCOC(=O)Nc1cccc(Cl)c1.OCCC#CC#CCCO. The molecule has 0 aromatic heterocycles. The summed E-state index contributed by atoms with van der Waals surface area (Å²) in [5.74, 6) is 10.4. The van der Waals surface area contributed by atoms with Gasteiger partial charge in [0.2, 0.25) is 0 Å². The van der Waals surface area contributed by atoms with Gasteiger partial charge in [0.15, 0.2) is 0 Å². The number of hydrogen-bond donors (Lipinski definition) is 4. The molecule has 10 heteroatoms. The van der Waals surface area contributed by atoms with Crippen LogP contribution in [0.3, 0.4) is 0 Å². The van der Waals surface area contributed by atoms with Crippen LogP contribution in [0.2, 0.25) is 10.0 Å². The molecule has 0 heterocycles. The third-order valence-electron chi connectivity index (χ3n) is 3.41. The first kappa shape index (κ1) is 32.6. The third-order valence-corrected chi connectivity index (χ3v) is 3.88. The molecule has 0 radical (unpaired) electrons. The number of rotatable bonds is 6. The van der Waals surface area contributed by atoms with Crippen molar-refractivity contribution in [2.45, 2.75) is 26.7 Å². The molecule has 2 aromatic rings. The smallest absolute Gasteiger partial charge is 0.411 e. The van der Waals surface area contributed by atoms with E-state index in [4.69, 9.17) is 42.9 Å². The molecule has 0 bridgehead atoms. The van der Waals surface area contributed by atoms with Gasteiger partial charge in [-0.1, -0.05) is 47.2 Å². The largest absolute Gasteiger partial charge is 0.450 e. The topological polar surface area (TPSA) is 117 Å². The molecule has 2 aromatic carbocycles. The van der Waals surface area contributed by atoms with E-state index in [1.54, 1.807) is 62.4 Å². The van der Waals surface area contributed by atoms with Crippen LogP contribution in [0.25, 0.3) is 0 Å². The quantitative estimate of drug-likeness (QED) is 0.358. The molecular formula is C26H30Cl2N2O6. The molecular weight excluding hydrogens is 507 g/mol. The van der Waals surface area contributed by atoms with Crippen molar-refractivity contribution in [1.82, 2.24) is 0 Å². The molecule has 2 amide bonds. The number of halogens is 2. The van der Waals surface area contributed by atoms with Crippen LogP contribution in [0.15, 0.2) is 48.5 Å². The number of nitrogens with one attached hydrogen (secondary N) is 2. The van der Waals surface area contributed by atoms with Crippen molar-refractivity contribution in [3.63, 3.8) is 0 Å². The summed E-state index contributed by atoms with van der Waals surface area (Å²) in [5.41, 5.74) is 1.26. The van der Waals surface area contributed by atoms with E-state index in [1.807, 2.05) is 0 Å². The molecule has 0 spiro atoms. The lowest BCUT2D eigenvalue weighted by Gasteiger charge is -2.04. The average Bonchev–Trinajstić information content (AvgIpc) is 2.82. The van der Waals surface area contributed by atoms with E-state index in [1.165, 1.54) is 0 Å². The second-order valence-electron chi connectivity index (χ2n) is 6.26. The van der Waals surface area contributed by atoms with E-state index < -0.39 is 12.2 Å². The summed E-state index contributed by atoms with van der Waals surface area (Å²) in [6, 6.07) is 13.8. The molecule has 0 aliphatic heterocycles. The first-order valence-electron chi connectivity index (χ1n) is 10.9. The molecule has 0 saturated carbocycles. The van der Waals surface area contributed by atoms with Gasteiger partial charge in [0.05, 0.1) is 26.4 Å². The Labute approximate surface area is 221 Å². The van der Waals surface area contributed by atoms with Gasteiger partial charge in [0, 0.05) is 34.3 Å².